The molecular weight excluding hydrogens is 136 g/mol. The van der Waals surface area contributed by atoms with Crippen molar-refractivity contribution in [2.24, 2.45) is 5.90 Å². The van der Waals surface area contributed by atoms with Crippen LogP contribution in [0.25, 0.3) is 0 Å². The molecule has 0 aliphatic heterocycles. The molecule has 5 heteroatoms. The average molecular weight is 148 g/mol. The largest absolute Gasteiger partial charge is 0.330 e. The van der Waals surface area contributed by atoms with Crippen molar-refractivity contribution < 1.29 is 9.76 Å². The van der Waals surface area contributed by atoms with E-state index in [0.717, 1.165) is 12.8 Å². The normalized spacial score (nSPS) is 13.0. The van der Waals surface area contributed by atoms with Crippen molar-refractivity contribution >= 4 is 0 Å². The van der Waals surface area contributed by atoms with Gasteiger partial charge in [0.2, 0.25) is 0 Å². The van der Waals surface area contributed by atoms with Crippen LogP contribution in [0.5, 0.6) is 0 Å². The van der Waals surface area contributed by atoms with E-state index in [9.17, 15) is 10.1 Å². The quantitative estimate of drug-likeness (QED) is 0.353. The SMILES string of the molecule is CCCCC(ON)[N+](=O)[O-]. The van der Waals surface area contributed by atoms with E-state index in [4.69, 9.17) is 0 Å². The fourth-order valence-corrected chi connectivity index (χ4v) is 0.602. The van der Waals surface area contributed by atoms with Gasteiger partial charge in [-0.25, -0.2) is 10.7 Å². The molecule has 0 aliphatic carbocycles. The highest BCUT2D eigenvalue weighted by molar-refractivity contribution is 4.41. The summed E-state index contributed by atoms with van der Waals surface area (Å²) in [5.74, 6) is 4.67. The molecular formula is C5H12N2O3. The van der Waals surface area contributed by atoms with Crippen LogP contribution >= 0.6 is 0 Å². The third-order valence-electron chi connectivity index (χ3n) is 1.20. The second kappa shape index (κ2) is 5.13. The van der Waals surface area contributed by atoms with Crippen LogP contribution in [0.3, 0.4) is 0 Å². The molecule has 0 aromatic heterocycles. The maximum absolute atomic E-state index is 10.0. The number of unbranched alkanes of at least 4 members (excludes halogenated alkanes) is 1. The summed E-state index contributed by atoms with van der Waals surface area (Å²) in [6, 6.07) is 0. The first-order valence-corrected chi connectivity index (χ1v) is 3.21. The minimum atomic E-state index is -1.03. The van der Waals surface area contributed by atoms with Crippen molar-refractivity contribution in [3.8, 4) is 0 Å². The fraction of sp³-hybridized carbons (Fsp3) is 1.00. The van der Waals surface area contributed by atoms with Crippen LogP contribution in [0, 0.1) is 10.1 Å². The zero-order valence-electron chi connectivity index (χ0n) is 5.95. The summed E-state index contributed by atoms with van der Waals surface area (Å²) in [5, 5.41) is 10.0. The van der Waals surface area contributed by atoms with Crippen LogP contribution in [0.4, 0.5) is 0 Å². The maximum Gasteiger partial charge on any atom is 0.330 e. The summed E-state index contributed by atoms with van der Waals surface area (Å²) in [6.45, 7) is 1.95. The Kier molecular flexibility index (Phi) is 4.78. The van der Waals surface area contributed by atoms with Gasteiger partial charge in [-0.15, -0.1) is 0 Å². The predicted molar refractivity (Wildman–Crippen MR) is 35.6 cm³/mol. The minimum absolute atomic E-state index is 0.389. The lowest BCUT2D eigenvalue weighted by Crippen LogP contribution is -2.26. The highest BCUT2D eigenvalue weighted by Gasteiger charge is 2.17. The van der Waals surface area contributed by atoms with Crippen LogP contribution in [0.15, 0.2) is 0 Å². The highest BCUT2D eigenvalue weighted by atomic mass is 16.7. The smallest absolute Gasteiger partial charge is 0.262 e. The molecule has 0 aromatic carbocycles. The molecule has 10 heavy (non-hydrogen) atoms. The van der Waals surface area contributed by atoms with Gasteiger partial charge in [0.25, 0.3) is 0 Å². The first-order chi connectivity index (χ1) is 4.72. The van der Waals surface area contributed by atoms with Crippen molar-refractivity contribution in [3.63, 3.8) is 0 Å². The molecule has 0 heterocycles. The van der Waals surface area contributed by atoms with Crippen LogP contribution in [0.2, 0.25) is 0 Å². The molecule has 0 saturated carbocycles. The van der Waals surface area contributed by atoms with Crippen molar-refractivity contribution in [1.82, 2.24) is 0 Å². The number of nitrogens with zero attached hydrogens (tertiary/aromatic N) is 1. The van der Waals surface area contributed by atoms with E-state index < -0.39 is 11.2 Å². The lowest BCUT2D eigenvalue weighted by Gasteiger charge is -2.03. The standard InChI is InChI=1S/C5H12N2O3/c1-2-3-4-5(10-6)7(8)9/h5H,2-4,6H2,1H3. The second-order valence-corrected chi connectivity index (χ2v) is 2.02. The number of rotatable bonds is 5. The zero-order valence-corrected chi connectivity index (χ0v) is 5.95. The van der Waals surface area contributed by atoms with Gasteiger partial charge in [-0.3, -0.25) is 10.1 Å². The molecule has 0 bridgehead atoms. The summed E-state index contributed by atoms with van der Waals surface area (Å²) in [5.41, 5.74) is 0. The Morgan fingerprint density at radius 3 is 2.70 bits per heavy atom. The van der Waals surface area contributed by atoms with E-state index >= 15 is 0 Å². The van der Waals surface area contributed by atoms with Crippen LogP contribution in [0.1, 0.15) is 26.2 Å². The van der Waals surface area contributed by atoms with Crippen LogP contribution in [-0.2, 0) is 4.84 Å². The fourth-order valence-electron chi connectivity index (χ4n) is 0.602. The van der Waals surface area contributed by atoms with Gasteiger partial charge in [0.05, 0.1) is 4.92 Å². The van der Waals surface area contributed by atoms with E-state index in [0.29, 0.717) is 6.42 Å². The Hall–Kier alpha value is -0.680. The minimum Gasteiger partial charge on any atom is -0.262 e. The van der Waals surface area contributed by atoms with Gasteiger partial charge < -0.3 is 0 Å². The van der Waals surface area contributed by atoms with Gasteiger partial charge in [-0.1, -0.05) is 13.3 Å². The number of hydrogen-bond donors (Lipinski definition) is 1. The molecule has 0 saturated heterocycles. The van der Waals surface area contributed by atoms with Crippen molar-refractivity contribution in [3.05, 3.63) is 10.1 Å². The average Bonchev–Trinajstić information content (AvgIpc) is 1.89. The van der Waals surface area contributed by atoms with Crippen molar-refractivity contribution in [2.45, 2.75) is 32.4 Å². The second-order valence-electron chi connectivity index (χ2n) is 2.02. The third kappa shape index (κ3) is 3.37. The van der Waals surface area contributed by atoms with Crippen molar-refractivity contribution in [2.75, 3.05) is 0 Å². The molecule has 0 radical (unpaired) electrons. The van der Waals surface area contributed by atoms with E-state index in [1.165, 1.54) is 0 Å². The third-order valence-corrected chi connectivity index (χ3v) is 1.20. The van der Waals surface area contributed by atoms with E-state index in [2.05, 4.69) is 10.7 Å². The molecule has 0 aromatic rings. The summed E-state index contributed by atoms with van der Waals surface area (Å²) < 4.78 is 0. The summed E-state index contributed by atoms with van der Waals surface area (Å²) in [4.78, 5) is 13.6. The molecule has 2 N–H and O–H groups in total. The van der Waals surface area contributed by atoms with Gasteiger partial charge in [0, 0.05) is 6.42 Å². The van der Waals surface area contributed by atoms with Gasteiger partial charge in [-0.2, -0.15) is 0 Å². The van der Waals surface area contributed by atoms with E-state index in [1.807, 2.05) is 6.92 Å². The topological polar surface area (TPSA) is 78.4 Å². The molecule has 0 aliphatic rings. The summed E-state index contributed by atoms with van der Waals surface area (Å²) in [7, 11) is 0. The van der Waals surface area contributed by atoms with Gasteiger partial charge >= 0.3 is 6.23 Å². The molecule has 1 unspecified atom stereocenters. The Balaban J connectivity index is 3.50. The van der Waals surface area contributed by atoms with Gasteiger partial charge in [0.1, 0.15) is 0 Å². The lowest BCUT2D eigenvalue weighted by atomic mass is 10.2. The highest BCUT2D eigenvalue weighted by Crippen LogP contribution is 2.02. The Labute approximate surface area is 59.3 Å². The number of nitrogens with two attached hydrogens (primary N) is 1. The number of hydrogen-bond acceptors (Lipinski definition) is 4. The van der Waals surface area contributed by atoms with Gasteiger partial charge in [-0.05, 0) is 6.42 Å². The van der Waals surface area contributed by atoms with Gasteiger partial charge in [0.15, 0.2) is 0 Å². The monoisotopic (exact) mass is 148 g/mol. The predicted octanol–water partition coefficient (Wildman–Crippen LogP) is 0.670. The molecule has 1 atom stereocenters. The zero-order chi connectivity index (χ0) is 7.98. The Morgan fingerprint density at radius 2 is 2.40 bits per heavy atom. The molecule has 0 spiro atoms. The first-order valence-electron chi connectivity index (χ1n) is 3.21. The first kappa shape index (κ1) is 9.32. The lowest BCUT2D eigenvalue weighted by molar-refractivity contribution is -0.578. The maximum atomic E-state index is 10.0. The molecule has 0 fully saturated rings. The molecule has 0 amide bonds. The van der Waals surface area contributed by atoms with E-state index in [1.54, 1.807) is 0 Å². The molecule has 0 rings (SSSR count). The van der Waals surface area contributed by atoms with Crippen LogP contribution < -0.4 is 5.90 Å². The number of nitro groups is 1. The summed E-state index contributed by atoms with van der Waals surface area (Å²) >= 11 is 0. The van der Waals surface area contributed by atoms with E-state index in [-0.39, 0.29) is 0 Å². The molecule has 5 nitrogen and oxygen atoms in total. The Morgan fingerprint density at radius 1 is 1.80 bits per heavy atom. The van der Waals surface area contributed by atoms with Crippen molar-refractivity contribution in [1.29, 1.82) is 0 Å². The summed E-state index contributed by atoms with van der Waals surface area (Å²) in [6.07, 6.45) is 1.04. The Bertz CT molecular complexity index is 107. The van der Waals surface area contributed by atoms with Crippen LogP contribution in [-0.4, -0.2) is 11.2 Å². The molecule has 60 valence electrons.